The molecule has 2 aromatic carbocycles. The Kier molecular flexibility index (Phi) is 2.44. The van der Waals surface area contributed by atoms with Crippen LogP contribution in [0.25, 0.3) is 21.9 Å². The number of Topliss-reactive ketones (excluding diaryl/α,β-unsaturated/α-hetero) is 1. The Labute approximate surface area is 124 Å². The van der Waals surface area contributed by atoms with E-state index in [1.54, 1.807) is 12.1 Å². The number of phenols is 1. The molecule has 0 amide bonds. The van der Waals surface area contributed by atoms with E-state index in [4.69, 9.17) is 13.9 Å². The molecule has 0 radical (unpaired) electrons. The lowest BCUT2D eigenvalue weighted by atomic mass is 9.99. The lowest BCUT2D eigenvalue weighted by Gasteiger charge is -2.21. The number of ether oxygens (including phenoxy) is 2. The van der Waals surface area contributed by atoms with Crippen LogP contribution in [0.15, 0.2) is 22.6 Å². The number of furan rings is 1. The van der Waals surface area contributed by atoms with Gasteiger partial charge in [0.1, 0.15) is 16.9 Å². The topological polar surface area (TPSA) is 89.1 Å². The van der Waals surface area contributed by atoms with Gasteiger partial charge in [0.2, 0.25) is 6.29 Å². The smallest absolute Gasteiger partial charge is 0.225 e. The average molecular weight is 300 g/mol. The van der Waals surface area contributed by atoms with Gasteiger partial charge in [-0.3, -0.25) is 4.79 Å². The van der Waals surface area contributed by atoms with E-state index in [2.05, 4.69) is 0 Å². The summed E-state index contributed by atoms with van der Waals surface area (Å²) in [4.78, 5) is 11.8. The van der Waals surface area contributed by atoms with Crippen molar-refractivity contribution < 1.29 is 28.9 Å². The van der Waals surface area contributed by atoms with Gasteiger partial charge in [-0.2, -0.15) is 0 Å². The van der Waals surface area contributed by atoms with E-state index in [0.29, 0.717) is 33.3 Å². The van der Waals surface area contributed by atoms with Gasteiger partial charge in [0.15, 0.2) is 17.3 Å². The predicted octanol–water partition coefficient (Wildman–Crippen LogP) is 2.89. The molecule has 0 spiro atoms. The van der Waals surface area contributed by atoms with Gasteiger partial charge in [-0.15, -0.1) is 0 Å². The molecule has 1 unspecified atom stereocenters. The largest absolute Gasteiger partial charge is 0.504 e. The lowest BCUT2D eigenvalue weighted by molar-refractivity contribution is -0.0203. The third kappa shape index (κ3) is 1.50. The summed E-state index contributed by atoms with van der Waals surface area (Å²) in [6.45, 7) is 1.39. The summed E-state index contributed by atoms with van der Waals surface area (Å²) < 4.78 is 16.4. The number of hydrogen-bond donors (Lipinski definition) is 2. The summed E-state index contributed by atoms with van der Waals surface area (Å²) in [5, 5.41) is 21.4. The zero-order valence-corrected chi connectivity index (χ0v) is 11.8. The van der Waals surface area contributed by atoms with Crippen molar-refractivity contribution in [1.29, 1.82) is 0 Å². The molecule has 3 aromatic rings. The summed E-state index contributed by atoms with van der Waals surface area (Å²) in [6.07, 6.45) is -1.25. The van der Waals surface area contributed by atoms with Crippen LogP contribution < -0.4 is 9.47 Å². The summed E-state index contributed by atoms with van der Waals surface area (Å²) in [6, 6.07) is 4.60. The number of aromatic hydroxyl groups is 1. The normalized spacial score (nSPS) is 16.2. The first kappa shape index (κ1) is 13.0. The van der Waals surface area contributed by atoms with E-state index in [9.17, 15) is 15.0 Å². The van der Waals surface area contributed by atoms with Crippen LogP contribution in [-0.2, 0) is 0 Å². The number of ketones is 1. The van der Waals surface area contributed by atoms with Crippen LogP contribution in [0.5, 0.6) is 17.2 Å². The fourth-order valence-corrected chi connectivity index (χ4v) is 2.90. The van der Waals surface area contributed by atoms with Crippen molar-refractivity contribution in [3.8, 4) is 17.2 Å². The number of aliphatic hydroxyl groups is 1. The molecule has 6 nitrogen and oxygen atoms in total. The number of aliphatic hydroxyl groups excluding tert-OH is 1. The first-order chi connectivity index (χ1) is 10.5. The maximum absolute atomic E-state index is 11.8. The minimum Gasteiger partial charge on any atom is -0.504 e. The molecular weight excluding hydrogens is 288 g/mol. The lowest BCUT2D eigenvalue weighted by Crippen LogP contribution is -2.11. The summed E-state index contributed by atoms with van der Waals surface area (Å²) >= 11 is 0. The molecule has 1 aliphatic rings. The molecule has 1 aliphatic heterocycles. The number of rotatable bonds is 2. The molecule has 4 rings (SSSR count). The van der Waals surface area contributed by atoms with Crippen molar-refractivity contribution in [2.24, 2.45) is 0 Å². The Morgan fingerprint density at radius 3 is 2.73 bits per heavy atom. The number of phenolic OH excluding ortho intramolecular Hbond substituents is 1. The van der Waals surface area contributed by atoms with E-state index in [1.807, 2.05) is 0 Å². The molecule has 1 aromatic heterocycles. The highest BCUT2D eigenvalue weighted by Crippen LogP contribution is 2.50. The van der Waals surface area contributed by atoms with E-state index in [-0.39, 0.29) is 22.8 Å². The molecular formula is C16H12O6. The second kappa shape index (κ2) is 4.14. The second-order valence-electron chi connectivity index (χ2n) is 5.19. The van der Waals surface area contributed by atoms with Crippen molar-refractivity contribution in [2.75, 3.05) is 7.11 Å². The highest BCUT2D eigenvalue weighted by molar-refractivity contribution is 6.18. The number of benzene rings is 2. The Balaban J connectivity index is 2.27. The quantitative estimate of drug-likeness (QED) is 0.707. The number of carbonyl (C=O) groups is 1. The van der Waals surface area contributed by atoms with Gasteiger partial charge in [0, 0.05) is 17.0 Å². The molecule has 112 valence electrons. The molecule has 2 heterocycles. The second-order valence-corrected chi connectivity index (χ2v) is 5.19. The van der Waals surface area contributed by atoms with Crippen LogP contribution in [0.3, 0.4) is 0 Å². The van der Waals surface area contributed by atoms with Crippen molar-refractivity contribution in [2.45, 2.75) is 13.2 Å². The Morgan fingerprint density at radius 2 is 2.05 bits per heavy atom. The van der Waals surface area contributed by atoms with Gasteiger partial charge >= 0.3 is 0 Å². The Morgan fingerprint density at radius 1 is 1.27 bits per heavy atom. The van der Waals surface area contributed by atoms with Crippen LogP contribution >= 0.6 is 0 Å². The highest BCUT2D eigenvalue weighted by Gasteiger charge is 2.31. The van der Waals surface area contributed by atoms with Gasteiger partial charge in [-0.05, 0) is 19.1 Å². The first-order valence-electron chi connectivity index (χ1n) is 6.67. The van der Waals surface area contributed by atoms with Gasteiger partial charge in [-0.1, -0.05) is 0 Å². The number of hydrogen-bond acceptors (Lipinski definition) is 6. The third-order valence-electron chi connectivity index (χ3n) is 3.89. The number of carbonyl (C=O) groups excluding carboxylic acids is 1. The van der Waals surface area contributed by atoms with Crippen molar-refractivity contribution in [3.05, 3.63) is 29.3 Å². The van der Waals surface area contributed by atoms with E-state index >= 15 is 0 Å². The molecule has 0 aliphatic carbocycles. The van der Waals surface area contributed by atoms with Gasteiger partial charge in [-0.25, -0.2) is 0 Å². The molecule has 0 fully saturated rings. The summed E-state index contributed by atoms with van der Waals surface area (Å²) in [5.41, 5.74) is 1.52. The molecule has 0 bridgehead atoms. The van der Waals surface area contributed by atoms with Crippen LogP contribution in [0.2, 0.25) is 0 Å². The standard InChI is InChI=1S/C16H12O6/c1-6(17)8-5-10(18)15-13-12-9(16(19)22-15)3-7(20-2)4-11(12)21-14(8)13/h3-5,16,18-19H,1-2H3. The van der Waals surface area contributed by atoms with Gasteiger partial charge in [0.05, 0.1) is 18.1 Å². The average Bonchev–Trinajstić information content (AvgIpc) is 2.87. The molecule has 6 heteroatoms. The Hall–Kier alpha value is -2.73. The molecule has 0 saturated heterocycles. The summed E-state index contributed by atoms with van der Waals surface area (Å²) in [7, 11) is 1.50. The van der Waals surface area contributed by atoms with E-state index in [1.165, 1.54) is 20.1 Å². The summed E-state index contributed by atoms with van der Waals surface area (Å²) in [5.74, 6) is 0.173. The minimum absolute atomic E-state index is 0.115. The highest BCUT2D eigenvalue weighted by atomic mass is 16.6. The fraction of sp³-hybridized carbons (Fsp3) is 0.188. The Bertz CT molecular complexity index is 953. The molecule has 1 atom stereocenters. The van der Waals surface area contributed by atoms with Crippen molar-refractivity contribution >= 4 is 27.7 Å². The van der Waals surface area contributed by atoms with Crippen LogP contribution in [0.4, 0.5) is 0 Å². The maximum Gasteiger partial charge on any atom is 0.225 e. The maximum atomic E-state index is 11.8. The monoisotopic (exact) mass is 300 g/mol. The SMILES string of the molecule is COc1cc2c3c(c1)oc1c(C(C)=O)cc(O)c(c13)OC2O. The van der Waals surface area contributed by atoms with Crippen LogP contribution in [0, 0.1) is 0 Å². The van der Waals surface area contributed by atoms with Crippen molar-refractivity contribution in [1.82, 2.24) is 0 Å². The van der Waals surface area contributed by atoms with Gasteiger partial charge in [0.25, 0.3) is 0 Å². The van der Waals surface area contributed by atoms with Crippen LogP contribution in [0.1, 0.15) is 29.1 Å². The molecule has 22 heavy (non-hydrogen) atoms. The number of methoxy groups -OCH3 is 1. The molecule has 2 N–H and O–H groups in total. The van der Waals surface area contributed by atoms with Crippen LogP contribution in [-0.4, -0.2) is 23.1 Å². The van der Waals surface area contributed by atoms with E-state index < -0.39 is 6.29 Å². The fourth-order valence-electron chi connectivity index (χ4n) is 2.90. The van der Waals surface area contributed by atoms with E-state index in [0.717, 1.165) is 0 Å². The third-order valence-corrected chi connectivity index (χ3v) is 3.89. The zero-order chi connectivity index (χ0) is 15.6. The van der Waals surface area contributed by atoms with Gasteiger partial charge < -0.3 is 24.1 Å². The zero-order valence-electron chi connectivity index (χ0n) is 11.8. The predicted molar refractivity (Wildman–Crippen MR) is 77.5 cm³/mol. The first-order valence-corrected chi connectivity index (χ1v) is 6.67. The van der Waals surface area contributed by atoms with Crippen molar-refractivity contribution in [3.63, 3.8) is 0 Å². The molecule has 0 saturated carbocycles. The minimum atomic E-state index is -1.25.